The molecule has 2 aliphatic heterocycles. The van der Waals surface area contributed by atoms with Crippen LogP contribution in [0.1, 0.15) is 6.42 Å². The molecule has 0 radical (unpaired) electrons. The molecular formula is C15H15ClN2O4S. The summed E-state index contributed by atoms with van der Waals surface area (Å²) in [5, 5.41) is 0.528. The van der Waals surface area contributed by atoms with Crippen LogP contribution in [0.2, 0.25) is 5.02 Å². The minimum absolute atomic E-state index is 0.112. The van der Waals surface area contributed by atoms with Crippen molar-refractivity contribution in [1.82, 2.24) is 9.55 Å². The van der Waals surface area contributed by atoms with E-state index in [-0.39, 0.29) is 24.2 Å². The van der Waals surface area contributed by atoms with Crippen LogP contribution in [-0.4, -0.2) is 36.3 Å². The van der Waals surface area contributed by atoms with Crippen molar-refractivity contribution in [3.05, 3.63) is 29.5 Å². The van der Waals surface area contributed by atoms with Gasteiger partial charge in [0.05, 0.1) is 16.5 Å². The van der Waals surface area contributed by atoms with E-state index in [1.54, 1.807) is 12.3 Å². The fraction of sp³-hybridized carbons (Fsp3) is 0.400. The number of nitrogens with zero attached hydrogens (tertiary/aromatic N) is 2. The number of imidazole rings is 1. The minimum atomic E-state index is -2.89. The lowest BCUT2D eigenvalue weighted by molar-refractivity contribution is 0.174. The van der Waals surface area contributed by atoms with Crippen molar-refractivity contribution in [2.24, 2.45) is 5.92 Å². The topological polar surface area (TPSA) is 70.4 Å². The van der Waals surface area contributed by atoms with E-state index in [2.05, 4.69) is 4.98 Å². The standard InChI is InChI=1S/C15H15ClN2O4S/c16-12-6-14-13(21-9-22-14)5-11(12)15-17-2-3-18(15)7-10-1-4-23(19,20)8-10/h2-3,5-6,10H,1,4,7-9H2/t10-/m1/s1. The third kappa shape index (κ3) is 2.79. The zero-order valence-corrected chi connectivity index (χ0v) is 13.8. The van der Waals surface area contributed by atoms with E-state index in [0.717, 1.165) is 5.56 Å². The SMILES string of the molecule is O=S1(=O)CC[C@H](Cn2ccnc2-c2cc3c(cc2Cl)OCO3)C1. The second-order valence-electron chi connectivity index (χ2n) is 5.86. The van der Waals surface area contributed by atoms with Crippen LogP contribution in [-0.2, 0) is 16.4 Å². The lowest BCUT2D eigenvalue weighted by Gasteiger charge is -2.13. The molecule has 1 aromatic carbocycles. The Bertz CT molecular complexity index is 862. The zero-order chi connectivity index (χ0) is 16.0. The summed E-state index contributed by atoms with van der Waals surface area (Å²) in [5.41, 5.74) is 0.752. The van der Waals surface area contributed by atoms with Crippen molar-refractivity contribution in [2.75, 3.05) is 18.3 Å². The lowest BCUT2D eigenvalue weighted by atomic mass is 10.1. The first-order valence-electron chi connectivity index (χ1n) is 7.33. The Balaban J connectivity index is 1.65. The van der Waals surface area contributed by atoms with Crippen LogP contribution >= 0.6 is 11.6 Å². The molecule has 1 aromatic heterocycles. The van der Waals surface area contributed by atoms with E-state index in [9.17, 15) is 8.42 Å². The highest BCUT2D eigenvalue weighted by Crippen LogP contribution is 2.40. The molecule has 1 fully saturated rings. The number of sulfone groups is 1. The highest BCUT2D eigenvalue weighted by molar-refractivity contribution is 7.91. The second-order valence-corrected chi connectivity index (χ2v) is 8.49. The van der Waals surface area contributed by atoms with Crippen molar-refractivity contribution in [1.29, 1.82) is 0 Å². The monoisotopic (exact) mass is 354 g/mol. The molecule has 4 rings (SSSR count). The fourth-order valence-electron chi connectivity index (χ4n) is 3.08. The molecule has 6 nitrogen and oxygen atoms in total. The molecule has 122 valence electrons. The predicted octanol–water partition coefficient (Wildman–Crippen LogP) is 2.37. The van der Waals surface area contributed by atoms with Gasteiger partial charge in [0.25, 0.3) is 0 Å². The summed E-state index contributed by atoms with van der Waals surface area (Å²) in [6, 6.07) is 3.53. The molecule has 0 bridgehead atoms. The van der Waals surface area contributed by atoms with Gasteiger partial charge in [0, 0.05) is 30.6 Å². The van der Waals surface area contributed by atoms with Gasteiger partial charge in [-0.25, -0.2) is 13.4 Å². The van der Waals surface area contributed by atoms with Gasteiger partial charge in [-0.3, -0.25) is 0 Å². The van der Waals surface area contributed by atoms with E-state index < -0.39 is 9.84 Å². The number of rotatable bonds is 3. The Morgan fingerprint density at radius 2 is 2.09 bits per heavy atom. The Labute approximate surface area is 138 Å². The van der Waals surface area contributed by atoms with Crippen LogP contribution in [0.15, 0.2) is 24.5 Å². The smallest absolute Gasteiger partial charge is 0.231 e. The van der Waals surface area contributed by atoms with Gasteiger partial charge in [-0.2, -0.15) is 0 Å². The molecule has 2 aliphatic rings. The predicted molar refractivity (Wildman–Crippen MR) is 85.6 cm³/mol. The first-order chi connectivity index (χ1) is 11.0. The Morgan fingerprint density at radius 3 is 2.83 bits per heavy atom. The molecule has 8 heteroatoms. The van der Waals surface area contributed by atoms with Gasteiger partial charge in [-0.15, -0.1) is 0 Å². The molecule has 2 aromatic rings. The van der Waals surface area contributed by atoms with E-state index in [1.165, 1.54) is 0 Å². The summed E-state index contributed by atoms with van der Waals surface area (Å²) in [6.45, 7) is 0.794. The lowest BCUT2D eigenvalue weighted by Crippen LogP contribution is -2.13. The number of fused-ring (bicyclic) bond motifs is 1. The highest BCUT2D eigenvalue weighted by Gasteiger charge is 2.29. The third-order valence-electron chi connectivity index (χ3n) is 4.20. The zero-order valence-electron chi connectivity index (χ0n) is 12.2. The van der Waals surface area contributed by atoms with Gasteiger partial charge in [0.15, 0.2) is 21.3 Å². The summed E-state index contributed by atoms with van der Waals surface area (Å²) in [6.07, 6.45) is 4.23. The maximum Gasteiger partial charge on any atom is 0.231 e. The van der Waals surface area contributed by atoms with Gasteiger partial charge in [0.1, 0.15) is 5.82 Å². The first-order valence-corrected chi connectivity index (χ1v) is 9.53. The van der Waals surface area contributed by atoms with Crippen molar-refractivity contribution in [3.8, 4) is 22.9 Å². The van der Waals surface area contributed by atoms with Gasteiger partial charge in [0.2, 0.25) is 6.79 Å². The third-order valence-corrected chi connectivity index (χ3v) is 6.35. The Hall–Kier alpha value is -1.73. The maximum atomic E-state index is 11.6. The minimum Gasteiger partial charge on any atom is -0.454 e. The molecule has 3 heterocycles. The van der Waals surface area contributed by atoms with Crippen LogP contribution < -0.4 is 9.47 Å². The molecular weight excluding hydrogens is 340 g/mol. The highest BCUT2D eigenvalue weighted by atomic mass is 35.5. The average molecular weight is 355 g/mol. The van der Waals surface area contributed by atoms with E-state index in [1.807, 2.05) is 16.8 Å². The molecule has 0 spiro atoms. The van der Waals surface area contributed by atoms with Crippen LogP contribution in [0.4, 0.5) is 0 Å². The van der Waals surface area contributed by atoms with E-state index >= 15 is 0 Å². The van der Waals surface area contributed by atoms with Crippen molar-refractivity contribution in [2.45, 2.75) is 13.0 Å². The van der Waals surface area contributed by atoms with Crippen molar-refractivity contribution < 1.29 is 17.9 Å². The van der Waals surface area contributed by atoms with E-state index in [4.69, 9.17) is 21.1 Å². The first kappa shape index (κ1) is 14.8. The molecule has 0 N–H and O–H groups in total. The van der Waals surface area contributed by atoms with Crippen LogP contribution in [0, 0.1) is 5.92 Å². The largest absolute Gasteiger partial charge is 0.454 e. The van der Waals surface area contributed by atoms with Crippen molar-refractivity contribution in [3.63, 3.8) is 0 Å². The van der Waals surface area contributed by atoms with Crippen LogP contribution in [0.25, 0.3) is 11.4 Å². The molecule has 1 saturated heterocycles. The number of halogens is 1. The molecule has 23 heavy (non-hydrogen) atoms. The summed E-state index contributed by atoms with van der Waals surface area (Å²) < 4.78 is 35.9. The summed E-state index contributed by atoms with van der Waals surface area (Å²) >= 11 is 6.35. The number of aromatic nitrogens is 2. The Morgan fingerprint density at radius 1 is 1.30 bits per heavy atom. The molecule has 0 aliphatic carbocycles. The van der Waals surface area contributed by atoms with Gasteiger partial charge in [-0.05, 0) is 18.4 Å². The second kappa shape index (κ2) is 5.42. The number of hydrogen-bond acceptors (Lipinski definition) is 5. The van der Waals surface area contributed by atoms with E-state index in [0.29, 0.717) is 35.3 Å². The number of hydrogen-bond donors (Lipinski definition) is 0. The molecule has 1 atom stereocenters. The normalized spacial score (nSPS) is 21.7. The Kier molecular flexibility index (Phi) is 3.50. The summed E-state index contributed by atoms with van der Waals surface area (Å²) in [5.74, 6) is 2.59. The molecule has 0 unspecified atom stereocenters. The number of benzene rings is 1. The summed E-state index contributed by atoms with van der Waals surface area (Å²) in [4.78, 5) is 4.38. The van der Waals surface area contributed by atoms with Crippen molar-refractivity contribution >= 4 is 21.4 Å². The van der Waals surface area contributed by atoms with Crippen LogP contribution in [0.3, 0.4) is 0 Å². The molecule has 0 saturated carbocycles. The summed E-state index contributed by atoms with van der Waals surface area (Å²) in [7, 11) is -2.89. The average Bonchev–Trinajstić information content (AvgIpc) is 3.18. The van der Waals surface area contributed by atoms with Gasteiger partial charge < -0.3 is 14.0 Å². The maximum absolute atomic E-state index is 11.6. The quantitative estimate of drug-likeness (QED) is 0.846. The van der Waals surface area contributed by atoms with Gasteiger partial charge >= 0.3 is 0 Å². The van der Waals surface area contributed by atoms with Gasteiger partial charge in [-0.1, -0.05) is 11.6 Å². The fourth-order valence-corrected chi connectivity index (χ4v) is 5.17. The number of ether oxygens (including phenoxy) is 2. The molecule has 0 amide bonds. The van der Waals surface area contributed by atoms with Crippen LogP contribution in [0.5, 0.6) is 11.5 Å².